The van der Waals surface area contributed by atoms with E-state index in [9.17, 15) is 13.9 Å². The topological polar surface area (TPSA) is 20.2 Å². The van der Waals surface area contributed by atoms with E-state index in [1.54, 1.807) is 0 Å². The van der Waals surface area contributed by atoms with Gasteiger partial charge in [0.15, 0.2) is 11.6 Å². The normalized spacial score (nSPS) is 14.1. The molecule has 0 aliphatic carbocycles. The number of rotatable bonds is 4. The van der Waals surface area contributed by atoms with E-state index in [-0.39, 0.29) is 0 Å². The Morgan fingerprint density at radius 2 is 1.68 bits per heavy atom. The molecular formula is C16H16F2O. The van der Waals surface area contributed by atoms with E-state index in [4.69, 9.17) is 0 Å². The molecule has 0 heterocycles. The van der Waals surface area contributed by atoms with Crippen LogP contribution in [0.5, 0.6) is 0 Å². The molecule has 0 bridgehead atoms. The molecule has 1 unspecified atom stereocenters. The molecule has 2 rings (SSSR count). The van der Waals surface area contributed by atoms with Crippen LogP contribution in [0.1, 0.15) is 24.5 Å². The molecule has 0 spiro atoms. The van der Waals surface area contributed by atoms with E-state index >= 15 is 0 Å². The van der Waals surface area contributed by atoms with Gasteiger partial charge in [-0.2, -0.15) is 0 Å². The van der Waals surface area contributed by atoms with Crippen molar-refractivity contribution in [3.63, 3.8) is 0 Å². The number of benzene rings is 2. The number of hydrogen-bond acceptors (Lipinski definition) is 1. The predicted molar refractivity (Wildman–Crippen MR) is 70.7 cm³/mol. The second kappa shape index (κ2) is 5.49. The Morgan fingerprint density at radius 1 is 1.00 bits per heavy atom. The molecule has 1 nitrogen and oxygen atoms in total. The van der Waals surface area contributed by atoms with Gasteiger partial charge in [0.1, 0.15) is 0 Å². The van der Waals surface area contributed by atoms with E-state index in [0.29, 0.717) is 18.4 Å². The first-order chi connectivity index (χ1) is 9.05. The number of hydrogen-bond donors (Lipinski definition) is 1. The van der Waals surface area contributed by atoms with Crippen molar-refractivity contribution in [1.82, 2.24) is 0 Å². The van der Waals surface area contributed by atoms with Crippen molar-refractivity contribution < 1.29 is 13.9 Å². The lowest BCUT2D eigenvalue weighted by atomic mass is 9.85. The highest BCUT2D eigenvalue weighted by Crippen LogP contribution is 2.30. The van der Waals surface area contributed by atoms with E-state index in [2.05, 4.69) is 0 Å². The summed E-state index contributed by atoms with van der Waals surface area (Å²) in [5.41, 5.74) is 0.171. The first-order valence-corrected chi connectivity index (χ1v) is 6.27. The Hall–Kier alpha value is -1.74. The summed E-state index contributed by atoms with van der Waals surface area (Å²) in [5.74, 6) is -1.83. The molecule has 0 radical (unpaired) electrons. The quantitative estimate of drug-likeness (QED) is 0.888. The zero-order valence-corrected chi connectivity index (χ0v) is 10.7. The van der Waals surface area contributed by atoms with E-state index in [1.807, 2.05) is 37.3 Å². The number of aliphatic hydroxyl groups is 1. The molecule has 0 aliphatic rings. The molecule has 3 heteroatoms. The van der Waals surface area contributed by atoms with Crippen molar-refractivity contribution in [3.05, 3.63) is 71.3 Å². The highest BCUT2D eigenvalue weighted by Gasteiger charge is 2.28. The summed E-state index contributed by atoms with van der Waals surface area (Å²) in [6, 6.07) is 13.0. The molecule has 1 atom stereocenters. The maximum Gasteiger partial charge on any atom is 0.159 e. The van der Waals surface area contributed by atoms with Crippen molar-refractivity contribution in [3.8, 4) is 0 Å². The molecule has 0 aliphatic heterocycles. The highest BCUT2D eigenvalue weighted by molar-refractivity contribution is 5.27. The predicted octanol–water partition coefficient (Wildman–Crippen LogP) is 3.81. The van der Waals surface area contributed by atoms with Crippen molar-refractivity contribution in [2.24, 2.45) is 0 Å². The Labute approximate surface area is 111 Å². The summed E-state index contributed by atoms with van der Waals surface area (Å²) in [4.78, 5) is 0. The molecule has 0 fully saturated rings. The molecule has 2 aromatic carbocycles. The van der Waals surface area contributed by atoms with Crippen LogP contribution >= 0.6 is 0 Å². The monoisotopic (exact) mass is 262 g/mol. The van der Waals surface area contributed by atoms with Crippen LogP contribution in [0.2, 0.25) is 0 Å². The SMILES string of the molecule is CCC(O)(Cc1ccccc1)c1ccc(F)c(F)c1. The van der Waals surface area contributed by atoms with E-state index in [1.165, 1.54) is 6.07 Å². The van der Waals surface area contributed by atoms with Crippen LogP contribution in [0.3, 0.4) is 0 Å². The fraction of sp³-hybridized carbons (Fsp3) is 0.250. The lowest BCUT2D eigenvalue weighted by molar-refractivity contribution is 0.0323. The van der Waals surface area contributed by atoms with Crippen LogP contribution < -0.4 is 0 Å². The number of halogens is 2. The van der Waals surface area contributed by atoms with Gasteiger partial charge < -0.3 is 5.11 Å². The standard InChI is InChI=1S/C16H16F2O/c1-2-16(19,11-12-6-4-3-5-7-12)13-8-9-14(17)15(18)10-13/h3-10,19H,2,11H2,1H3. The van der Waals surface area contributed by atoms with Crippen LogP contribution in [0.25, 0.3) is 0 Å². The second-order valence-corrected chi connectivity index (χ2v) is 4.68. The molecular weight excluding hydrogens is 246 g/mol. The van der Waals surface area contributed by atoms with Crippen molar-refractivity contribution >= 4 is 0 Å². The molecule has 0 aromatic heterocycles. The van der Waals surface area contributed by atoms with Gasteiger partial charge in [-0.05, 0) is 29.7 Å². The molecule has 100 valence electrons. The maximum atomic E-state index is 13.3. The smallest absolute Gasteiger partial charge is 0.159 e. The Morgan fingerprint density at radius 3 is 2.26 bits per heavy atom. The summed E-state index contributed by atoms with van der Waals surface area (Å²) in [5, 5.41) is 10.7. The summed E-state index contributed by atoms with van der Waals surface area (Å²) in [7, 11) is 0. The largest absolute Gasteiger partial charge is 0.385 e. The first-order valence-electron chi connectivity index (χ1n) is 6.27. The minimum atomic E-state index is -1.18. The zero-order valence-electron chi connectivity index (χ0n) is 10.7. The molecule has 0 amide bonds. The molecule has 1 N–H and O–H groups in total. The second-order valence-electron chi connectivity index (χ2n) is 4.68. The first kappa shape index (κ1) is 13.7. The highest BCUT2D eigenvalue weighted by atomic mass is 19.2. The van der Waals surface area contributed by atoms with Gasteiger partial charge in [-0.1, -0.05) is 43.3 Å². The fourth-order valence-electron chi connectivity index (χ4n) is 2.15. The van der Waals surface area contributed by atoms with Crippen molar-refractivity contribution in [2.75, 3.05) is 0 Å². The summed E-state index contributed by atoms with van der Waals surface area (Å²) < 4.78 is 26.3. The lowest BCUT2D eigenvalue weighted by Crippen LogP contribution is -2.28. The van der Waals surface area contributed by atoms with E-state index < -0.39 is 17.2 Å². The Bertz CT molecular complexity index is 554. The fourth-order valence-corrected chi connectivity index (χ4v) is 2.15. The minimum Gasteiger partial charge on any atom is -0.385 e. The average molecular weight is 262 g/mol. The van der Waals surface area contributed by atoms with Crippen LogP contribution in [-0.2, 0) is 12.0 Å². The Kier molecular flexibility index (Phi) is 3.96. The third-order valence-electron chi connectivity index (χ3n) is 3.38. The van der Waals surface area contributed by atoms with Crippen LogP contribution in [0, 0.1) is 11.6 Å². The minimum absolute atomic E-state index is 0.370. The molecule has 0 saturated carbocycles. The van der Waals surface area contributed by atoms with Gasteiger partial charge in [0, 0.05) is 6.42 Å². The lowest BCUT2D eigenvalue weighted by Gasteiger charge is -2.27. The van der Waals surface area contributed by atoms with Gasteiger partial charge in [-0.25, -0.2) is 8.78 Å². The van der Waals surface area contributed by atoms with Gasteiger partial charge in [-0.3, -0.25) is 0 Å². The third-order valence-corrected chi connectivity index (χ3v) is 3.38. The van der Waals surface area contributed by atoms with Gasteiger partial charge in [0.2, 0.25) is 0 Å². The summed E-state index contributed by atoms with van der Waals surface area (Å²) in [6.45, 7) is 1.82. The van der Waals surface area contributed by atoms with Crippen molar-refractivity contribution in [1.29, 1.82) is 0 Å². The van der Waals surface area contributed by atoms with Crippen LogP contribution in [-0.4, -0.2) is 5.11 Å². The third kappa shape index (κ3) is 2.99. The Balaban J connectivity index is 2.33. The van der Waals surface area contributed by atoms with Crippen LogP contribution in [0.4, 0.5) is 8.78 Å². The summed E-state index contributed by atoms with van der Waals surface area (Å²) in [6.07, 6.45) is 0.794. The van der Waals surface area contributed by atoms with Gasteiger partial charge >= 0.3 is 0 Å². The van der Waals surface area contributed by atoms with Gasteiger partial charge in [-0.15, -0.1) is 0 Å². The van der Waals surface area contributed by atoms with Crippen molar-refractivity contribution in [2.45, 2.75) is 25.4 Å². The average Bonchev–Trinajstić information content (AvgIpc) is 2.43. The van der Waals surface area contributed by atoms with E-state index in [0.717, 1.165) is 17.7 Å². The maximum absolute atomic E-state index is 13.3. The molecule has 2 aromatic rings. The molecule has 19 heavy (non-hydrogen) atoms. The zero-order chi connectivity index (χ0) is 13.9. The van der Waals surface area contributed by atoms with Gasteiger partial charge in [0.05, 0.1) is 5.60 Å². The molecule has 0 saturated heterocycles. The van der Waals surface area contributed by atoms with Gasteiger partial charge in [0.25, 0.3) is 0 Å². The van der Waals surface area contributed by atoms with Crippen LogP contribution in [0.15, 0.2) is 48.5 Å². The summed E-state index contributed by atoms with van der Waals surface area (Å²) >= 11 is 0.